The van der Waals surface area contributed by atoms with Gasteiger partial charge in [0, 0.05) is 21.3 Å². The van der Waals surface area contributed by atoms with Crippen LogP contribution >= 0.6 is 27.7 Å². The number of rotatable bonds is 7. The normalized spacial score (nSPS) is 11.4. The average molecular weight is 522 g/mol. The van der Waals surface area contributed by atoms with Crippen LogP contribution in [0, 0.1) is 0 Å². The van der Waals surface area contributed by atoms with Crippen molar-refractivity contribution in [2.24, 2.45) is 5.10 Å². The molecular weight excluding hydrogens is 502 g/mol. The van der Waals surface area contributed by atoms with Crippen molar-refractivity contribution in [2.75, 3.05) is 5.75 Å². The summed E-state index contributed by atoms with van der Waals surface area (Å²) >= 11 is 4.73. The van der Waals surface area contributed by atoms with Crippen LogP contribution in [-0.2, 0) is 4.79 Å². The molecule has 0 fully saturated rings. The maximum atomic E-state index is 12.4. The first kappa shape index (κ1) is 22.8. The summed E-state index contributed by atoms with van der Waals surface area (Å²) in [6.45, 7) is 1.72. The highest BCUT2D eigenvalue weighted by Crippen LogP contribution is 2.28. The Kier molecular flexibility index (Phi) is 7.21. The second-order valence-electron chi connectivity index (χ2n) is 7.02. The van der Waals surface area contributed by atoms with Crippen LogP contribution in [0.3, 0.4) is 0 Å². The Hall–Kier alpha value is -3.43. The van der Waals surface area contributed by atoms with E-state index in [9.17, 15) is 9.90 Å². The molecule has 4 rings (SSSR count). The summed E-state index contributed by atoms with van der Waals surface area (Å²) < 4.78 is 2.89. The van der Waals surface area contributed by atoms with E-state index in [1.54, 1.807) is 31.2 Å². The zero-order valence-corrected chi connectivity index (χ0v) is 20.0. The SMILES string of the molecule is CC(=NNC(=O)CSc1nnc(-c2ccccc2)n1-c1ccc(Br)cc1)c1ccccc1O. The molecule has 7 nitrogen and oxygen atoms in total. The first-order valence-corrected chi connectivity index (χ1v) is 11.8. The molecule has 0 aliphatic rings. The molecule has 0 saturated heterocycles. The number of phenols is 1. The van der Waals surface area contributed by atoms with Crippen LogP contribution in [0.5, 0.6) is 5.75 Å². The van der Waals surface area contributed by atoms with Crippen LogP contribution in [0.25, 0.3) is 17.1 Å². The highest BCUT2D eigenvalue weighted by atomic mass is 79.9. The molecule has 33 heavy (non-hydrogen) atoms. The first-order valence-electron chi connectivity index (χ1n) is 10.0. The van der Waals surface area contributed by atoms with Crippen LogP contribution in [0.2, 0.25) is 0 Å². The van der Waals surface area contributed by atoms with Gasteiger partial charge in [0.05, 0.1) is 11.5 Å². The van der Waals surface area contributed by atoms with Gasteiger partial charge in [-0.2, -0.15) is 5.10 Å². The number of carbonyl (C=O) groups is 1. The third-order valence-corrected chi connectivity index (χ3v) is 6.18. The molecular formula is C24H20BrN5O2S. The largest absolute Gasteiger partial charge is 0.507 e. The lowest BCUT2D eigenvalue weighted by Gasteiger charge is -2.10. The quantitative estimate of drug-likeness (QED) is 0.202. The van der Waals surface area contributed by atoms with Crippen molar-refractivity contribution < 1.29 is 9.90 Å². The number of para-hydroxylation sites is 1. The van der Waals surface area contributed by atoms with Crippen LogP contribution in [0.4, 0.5) is 0 Å². The molecule has 1 heterocycles. The zero-order valence-electron chi connectivity index (χ0n) is 17.6. The van der Waals surface area contributed by atoms with Gasteiger partial charge in [0.1, 0.15) is 5.75 Å². The van der Waals surface area contributed by atoms with Crippen molar-refractivity contribution in [3.63, 3.8) is 0 Å². The molecule has 0 radical (unpaired) electrons. The number of halogens is 1. The molecule has 0 unspecified atom stereocenters. The van der Waals surface area contributed by atoms with Crippen LogP contribution in [0.15, 0.2) is 93.6 Å². The van der Waals surface area contributed by atoms with E-state index in [0.29, 0.717) is 22.3 Å². The maximum absolute atomic E-state index is 12.4. The number of nitrogens with zero attached hydrogens (tertiary/aromatic N) is 4. The molecule has 0 bridgehead atoms. The van der Waals surface area contributed by atoms with Gasteiger partial charge in [-0.05, 0) is 43.3 Å². The predicted molar refractivity (Wildman–Crippen MR) is 134 cm³/mol. The van der Waals surface area contributed by atoms with Crippen molar-refractivity contribution in [3.05, 3.63) is 88.9 Å². The Balaban J connectivity index is 1.53. The molecule has 4 aromatic rings. The van der Waals surface area contributed by atoms with Crippen molar-refractivity contribution >= 4 is 39.3 Å². The Bertz CT molecular complexity index is 1290. The monoisotopic (exact) mass is 521 g/mol. The number of hydrogen-bond donors (Lipinski definition) is 2. The van der Waals surface area contributed by atoms with Crippen molar-refractivity contribution in [1.82, 2.24) is 20.2 Å². The van der Waals surface area contributed by atoms with Gasteiger partial charge < -0.3 is 5.11 Å². The number of carbonyl (C=O) groups excluding carboxylic acids is 1. The number of hydrazone groups is 1. The molecule has 0 spiro atoms. The fourth-order valence-electron chi connectivity index (χ4n) is 3.11. The average Bonchev–Trinajstić information content (AvgIpc) is 3.26. The number of aromatic nitrogens is 3. The highest BCUT2D eigenvalue weighted by Gasteiger charge is 2.17. The smallest absolute Gasteiger partial charge is 0.250 e. The van der Waals surface area contributed by atoms with Gasteiger partial charge in [0.2, 0.25) is 0 Å². The van der Waals surface area contributed by atoms with Gasteiger partial charge in [-0.1, -0.05) is 70.2 Å². The van der Waals surface area contributed by atoms with Crippen LogP contribution in [-0.4, -0.2) is 37.2 Å². The molecule has 0 aliphatic heterocycles. The predicted octanol–water partition coefficient (Wildman–Crippen LogP) is 5.03. The lowest BCUT2D eigenvalue weighted by molar-refractivity contribution is -0.118. The van der Waals surface area contributed by atoms with Gasteiger partial charge in [0.25, 0.3) is 5.91 Å². The molecule has 0 aliphatic carbocycles. The standard InChI is InChI=1S/C24H20BrN5O2S/c1-16(20-9-5-6-10-21(20)31)26-27-22(32)15-33-24-29-28-23(17-7-3-2-4-8-17)30(24)19-13-11-18(25)12-14-19/h2-14,31H,15H2,1H3,(H,27,32). The van der Waals surface area contributed by atoms with Gasteiger partial charge >= 0.3 is 0 Å². The van der Waals surface area contributed by atoms with E-state index in [0.717, 1.165) is 15.7 Å². The number of hydrogen-bond acceptors (Lipinski definition) is 6. The second kappa shape index (κ2) is 10.5. The minimum Gasteiger partial charge on any atom is -0.507 e. The van der Waals surface area contributed by atoms with Gasteiger partial charge in [-0.25, -0.2) is 5.43 Å². The van der Waals surface area contributed by atoms with Crippen LogP contribution < -0.4 is 5.43 Å². The van der Waals surface area contributed by atoms with E-state index in [-0.39, 0.29) is 17.4 Å². The second-order valence-corrected chi connectivity index (χ2v) is 8.88. The molecule has 3 aromatic carbocycles. The zero-order chi connectivity index (χ0) is 23.2. The lowest BCUT2D eigenvalue weighted by atomic mass is 10.1. The summed E-state index contributed by atoms with van der Waals surface area (Å²) in [6, 6.07) is 24.4. The highest BCUT2D eigenvalue weighted by molar-refractivity contribution is 9.10. The summed E-state index contributed by atoms with van der Waals surface area (Å²) in [5.74, 6) is 0.607. The minimum absolute atomic E-state index is 0.0982. The van der Waals surface area contributed by atoms with Gasteiger partial charge in [-0.15, -0.1) is 10.2 Å². The van der Waals surface area contributed by atoms with Crippen molar-refractivity contribution in [2.45, 2.75) is 12.1 Å². The number of nitrogens with one attached hydrogen (secondary N) is 1. The topological polar surface area (TPSA) is 92.4 Å². The number of phenolic OH excluding ortho intramolecular Hbond substituents is 1. The Morgan fingerprint density at radius 3 is 2.45 bits per heavy atom. The first-order chi connectivity index (χ1) is 16.0. The molecule has 2 N–H and O–H groups in total. The van der Waals surface area contributed by atoms with E-state index in [1.807, 2.05) is 59.2 Å². The van der Waals surface area contributed by atoms with Gasteiger partial charge in [0.15, 0.2) is 11.0 Å². The van der Waals surface area contributed by atoms with Crippen molar-refractivity contribution in [1.29, 1.82) is 0 Å². The minimum atomic E-state index is -0.290. The van der Waals surface area contributed by atoms with Crippen molar-refractivity contribution in [3.8, 4) is 22.8 Å². The molecule has 9 heteroatoms. The summed E-state index contributed by atoms with van der Waals surface area (Å²) in [5, 5.41) is 23.3. The molecule has 0 atom stereocenters. The van der Waals surface area contributed by atoms with Crippen LogP contribution in [0.1, 0.15) is 12.5 Å². The maximum Gasteiger partial charge on any atom is 0.250 e. The number of amides is 1. The lowest BCUT2D eigenvalue weighted by Crippen LogP contribution is -2.21. The summed E-state index contributed by atoms with van der Waals surface area (Å²) in [6.07, 6.45) is 0. The molecule has 1 aromatic heterocycles. The van der Waals surface area contributed by atoms with E-state index >= 15 is 0 Å². The third-order valence-electron chi connectivity index (χ3n) is 4.72. The molecule has 166 valence electrons. The van der Waals surface area contributed by atoms with E-state index in [1.165, 1.54) is 11.8 Å². The Morgan fingerprint density at radius 2 is 1.73 bits per heavy atom. The van der Waals surface area contributed by atoms with Gasteiger partial charge in [-0.3, -0.25) is 9.36 Å². The number of aromatic hydroxyl groups is 1. The van der Waals surface area contributed by atoms with E-state index < -0.39 is 0 Å². The van der Waals surface area contributed by atoms with E-state index in [4.69, 9.17) is 0 Å². The Morgan fingerprint density at radius 1 is 1.03 bits per heavy atom. The number of thioether (sulfide) groups is 1. The summed E-state index contributed by atoms with van der Waals surface area (Å²) in [7, 11) is 0. The molecule has 0 saturated carbocycles. The molecule has 1 amide bonds. The fraction of sp³-hybridized carbons (Fsp3) is 0.0833. The summed E-state index contributed by atoms with van der Waals surface area (Å²) in [4.78, 5) is 12.4. The van der Waals surface area contributed by atoms with E-state index in [2.05, 4.69) is 36.7 Å². The fourth-order valence-corrected chi connectivity index (χ4v) is 4.12. The number of benzene rings is 3. The summed E-state index contributed by atoms with van der Waals surface area (Å²) in [5.41, 5.74) is 5.42. The third kappa shape index (κ3) is 5.50. The Labute approximate surface area is 203 Å².